The first-order chi connectivity index (χ1) is 12.5. The van der Waals surface area contributed by atoms with Gasteiger partial charge in [-0.2, -0.15) is 0 Å². The van der Waals surface area contributed by atoms with Crippen molar-refractivity contribution in [2.75, 3.05) is 13.1 Å². The largest absolute Gasteiger partial charge is 0.351 e. The third-order valence-corrected chi connectivity index (χ3v) is 4.59. The zero-order valence-electron chi connectivity index (χ0n) is 15.8. The maximum absolute atomic E-state index is 12.5. The zero-order valence-corrected chi connectivity index (χ0v) is 17.0. The smallest absolute Gasteiger partial charge is 0.252 e. The van der Waals surface area contributed by atoms with Gasteiger partial charge in [-0.25, -0.2) is 0 Å². The fourth-order valence-electron chi connectivity index (χ4n) is 2.93. The van der Waals surface area contributed by atoms with Crippen molar-refractivity contribution in [1.29, 1.82) is 5.41 Å². The highest BCUT2D eigenvalue weighted by atomic mass is 31.0. The van der Waals surface area contributed by atoms with E-state index in [9.17, 15) is 4.79 Å². The van der Waals surface area contributed by atoms with E-state index in [1.165, 1.54) is 32.1 Å². The zero-order chi connectivity index (χ0) is 19.4. The molecule has 142 valence electrons. The van der Waals surface area contributed by atoms with Crippen molar-refractivity contribution < 1.29 is 4.79 Å². The Bertz CT molecular complexity index is 611. The Morgan fingerprint density at radius 3 is 2.54 bits per heavy atom. The van der Waals surface area contributed by atoms with Gasteiger partial charge in [0.2, 0.25) is 0 Å². The Morgan fingerprint density at radius 2 is 1.96 bits per heavy atom. The van der Waals surface area contributed by atoms with E-state index < -0.39 is 0 Å². The number of amides is 1. The second-order valence-corrected chi connectivity index (χ2v) is 7.10. The van der Waals surface area contributed by atoms with Gasteiger partial charge in [-0.05, 0) is 36.7 Å². The summed E-state index contributed by atoms with van der Waals surface area (Å²) >= 11 is 0. The van der Waals surface area contributed by atoms with Crippen LogP contribution in [0.4, 0.5) is 0 Å². The van der Waals surface area contributed by atoms with Gasteiger partial charge in [0.15, 0.2) is 0 Å². The lowest BCUT2D eigenvalue weighted by Gasteiger charge is -2.22. The van der Waals surface area contributed by atoms with Crippen molar-refractivity contribution in [3.05, 3.63) is 60.0 Å². The van der Waals surface area contributed by atoms with Crippen LogP contribution in [-0.4, -0.2) is 30.8 Å². The number of carbonyl (C=O) groups excluding carboxylic acids is 1. The number of hydrogen-bond acceptors (Lipinski definition) is 3. The second-order valence-electron chi connectivity index (χ2n) is 6.40. The summed E-state index contributed by atoms with van der Waals surface area (Å²) in [5.41, 5.74) is 1.34. The van der Waals surface area contributed by atoms with Crippen LogP contribution < -0.4 is 10.6 Å². The van der Waals surface area contributed by atoms with Crippen LogP contribution in [0.5, 0.6) is 0 Å². The van der Waals surface area contributed by atoms with Gasteiger partial charge in [0.1, 0.15) is 0 Å². The molecular formula is C21H32N3OP. The molecule has 0 bridgehead atoms. The van der Waals surface area contributed by atoms with E-state index >= 15 is 0 Å². The first-order valence-corrected chi connectivity index (χ1v) is 9.79. The number of rotatable bonds is 10. The average molecular weight is 373 g/mol. The molecule has 1 atom stereocenters. The summed E-state index contributed by atoms with van der Waals surface area (Å²) in [6.07, 6.45) is 15.0. The van der Waals surface area contributed by atoms with Crippen LogP contribution in [0.15, 0.2) is 60.0 Å². The molecule has 1 fully saturated rings. The minimum absolute atomic E-state index is 0.210. The van der Waals surface area contributed by atoms with Crippen molar-refractivity contribution in [3.63, 3.8) is 0 Å². The summed E-state index contributed by atoms with van der Waals surface area (Å²) < 4.78 is 0. The first-order valence-electron chi connectivity index (χ1n) is 9.22. The molecular weight excluding hydrogens is 341 g/mol. The number of hydrogen-bond donors (Lipinski definition) is 3. The molecule has 0 aliphatic heterocycles. The van der Waals surface area contributed by atoms with E-state index in [1.807, 2.05) is 19.1 Å². The maximum atomic E-state index is 12.5. The molecule has 0 saturated heterocycles. The Hall–Kier alpha value is -1.77. The van der Waals surface area contributed by atoms with Crippen LogP contribution in [0.2, 0.25) is 0 Å². The molecule has 0 aromatic carbocycles. The van der Waals surface area contributed by atoms with Gasteiger partial charge in [0.25, 0.3) is 5.91 Å². The summed E-state index contributed by atoms with van der Waals surface area (Å²) in [7, 11) is 2.45. The summed E-state index contributed by atoms with van der Waals surface area (Å²) in [6, 6.07) is 0.577. The number of allylic oxidation sites excluding steroid dienone is 6. The highest BCUT2D eigenvalue weighted by molar-refractivity contribution is 7.23. The molecule has 0 aromatic heterocycles. The molecule has 1 rings (SSSR count). The Morgan fingerprint density at radius 1 is 1.27 bits per heavy atom. The normalized spacial score (nSPS) is 16.5. The van der Waals surface area contributed by atoms with E-state index in [2.05, 4.69) is 33.0 Å². The molecule has 1 amide bonds. The molecule has 1 aliphatic carbocycles. The van der Waals surface area contributed by atoms with Crippen molar-refractivity contribution in [3.8, 4) is 0 Å². The molecule has 0 spiro atoms. The van der Waals surface area contributed by atoms with Gasteiger partial charge >= 0.3 is 0 Å². The summed E-state index contributed by atoms with van der Waals surface area (Å²) in [6.45, 7) is 10.7. The fourth-order valence-corrected chi connectivity index (χ4v) is 3.14. The van der Waals surface area contributed by atoms with Gasteiger partial charge in [-0.1, -0.05) is 56.7 Å². The van der Waals surface area contributed by atoms with Crippen LogP contribution in [0.3, 0.4) is 0 Å². The van der Waals surface area contributed by atoms with Crippen molar-refractivity contribution in [1.82, 2.24) is 10.6 Å². The number of carbonyl (C=O) groups is 1. The monoisotopic (exact) mass is 373 g/mol. The van der Waals surface area contributed by atoms with Gasteiger partial charge in [-0.3, -0.25) is 4.79 Å². The van der Waals surface area contributed by atoms with Gasteiger partial charge in [-0.15, -0.1) is 9.24 Å². The van der Waals surface area contributed by atoms with E-state index in [0.717, 1.165) is 6.54 Å². The lowest BCUT2D eigenvalue weighted by atomic mass is 9.95. The number of nitrogens with one attached hydrogen (secondary N) is 3. The van der Waals surface area contributed by atoms with Crippen LogP contribution in [-0.2, 0) is 4.79 Å². The molecule has 0 aromatic rings. The van der Waals surface area contributed by atoms with E-state index in [-0.39, 0.29) is 11.6 Å². The third-order valence-electron chi connectivity index (χ3n) is 4.28. The van der Waals surface area contributed by atoms with Crippen molar-refractivity contribution >= 4 is 20.9 Å². The standard InChI is InChI=1S/C21H32N3OP/c1-4-9-17(10-5-2)20(22)15-19(16(3)26)21(25)24-14-13-23-18-11-7-6-8-12-18/h4-5,9-10,15,18,22-23H,1,3,6-8,11-14,26H2,2H3,(H,24,25)/b10-5-,17-9+,19-15+,22-20?. The lowest BCUT2D eigenvalue weighted by molar-refractivity contribution is -0.117. The highest BCUT2D eigenvalue weighted by Crippen LogP contribution is 2.18. The minimum atomic E-state index is -0.210. The Kier molecular flexibility index (Phi) is 10.8. The van der Waals surface area contributed by atoms with E-state index in [4.69, 9.17) is 5.41 Å². The highest BCUT2D eigenvalue weighted by Gasteiger charge is 2.14. The average Bonchev–Trinajstić information content (AvgIpc) is 2.63. The lowest BCUT2D eigenvalue weighted by Crippen LogP contribution is -2.38. The molecule has 5 heteroatoms. The Labute approximate surface area is 160 Å². The molecule has 1 aliphatic rings. The SMILES string of the molecule is C=C/C=C(\C=C/C)C(=N)/C=C(\C(=C)P)C(=O)NCCNC1CCCCC1. The summed E-state index contributed by atoms with van der Waals surface area (Å²) in [5.74, 6) is -0.210. The van der Waals surface area contributed by atoms with Crippen LogP contribution in [0.25, 0.3) is 0 Å². The molecule has 0 heterocycles. The predicted octanol–water partition coefficient (Wildman–Crippen LogP) is 4.05. The molecule has 4 nitrogen and oxygen atoms in total. The quantitative estimate of drug-likeness (QED) is 0.178. The summed E-state index contributed by atoms with van der Waals surface area (Å²) in [4.78, 5) is 12.5. The fraction of sp³-hybridized carbons (Fsp3) is 0.429. The molecule has 0 radical (unpaired) electrons. The predicted molar refractivity (Wildman–Crippen MR) is 116 cm³/mol. The first kappa shape index (κ1) is 22.3. The van der Waals surface area contributed by atoms with Gasteiger partial charge in [0.05, 0.1) is 5.71 Å². The van der Waals surface area contributed by atoms with Crippen molar-refractivity contribution in [2.45, 2.75) is 45.1 Å². The van der Waals surface area contributed by atoms with Gasteiger partial charge < -0.3 is 16.0 Å². The second kappa shape index (κ2) is 12.6. The van der Waals surface area contributed by atoms with Crippen LogP contribution in [0, 0.1) is 5.41 Å². The minimum Gasteiger partial charge on any atom is -0.351 e. The molecule has 3 N–H and O–H groups in total. The van der Waals surface area contributed by atoms with E-state index in [1.54, 1.807) is 18.2 Å². The van der Waals surface area contributed by atoms with Crippen LogP contribution in [0.1, 0.15) is 39.0 Å². The molecule has 26 heavy (non-hydrogen) atoms. The maximum Gasteiger partial charge on any atom is 0.252 e. The summed E-state index contributed by atoms with van der Waals surface area (Å²) in [5, 5.41) is 15.2. The van der Waals surface area contributed by atoms with Crippen LogP contribution >= 0.6 is 9.24 Å². The topological polar surface area (TPSA) is 65.0 Å². The Balaban J connectivity index is 2.62. The molecule has 1 unspecified atom stereocenters. The molecule has 1 saturated carbocycles. The van der Waals surface area contributed by atoms with Gasteiger partial charge in [0, 0.05) is 24.7 Å². The van der Waals surface area contributed by atoms with Crippen molar-refractivity contribution in [2.24, 2.45) is 0 Å². The third kappa shape index (κ3) is 8.07. The van der Waals surface area contributed by atoms with E-state index in [0.29, 0.717) is 29.0 Å².